The van der Waals surface area contributed by atoms with E-state index in [1.165, 1.54) is 12.1 Å². The third kappa shape index (κ3) is 3.54. The number of nitrogens with zero attached hydrogens (tertiary/aromatic N) is 1. The zero-order valence-corrected chi connectivity index (χ0v) is 12.8. The number of ether oxygens (including phenoxy) is 1. The molecule has 114 valence electrons. The van der Waals surface area contributed by atoms with Crippen molar-refractivity contribution in [1.29, 1.82) is 0 Å². The Bertz CT molecular complexity index is 499. The van der Waals surface area contributed by atoms with Gasteiger partial charge in [0.25, 0.3) is 5.69 Å². The van der Waals surface area contributed by atoms with Gasteiger partial charge in [-0.1, -0.05) is 0 Å². The van der Waals surface area contributed by atoms with Gasteiger partial charge in [-0.3, -0.25) is 10.1 Å². The molecular formula is C14H20BNO5. The van der Waals surface area contributed by atoms with E-state index in [1.807, 2.05) is 27.7 Å². The summed E-state index contributed by atoms with van der Waals surface area (Å²) >= 11 is 0. The molecule has 0 saturated carbocycles. The number of rotatable bonds is 5. The molecule has 1 aromatic carbocycles. The molecule has 6 nitrogen and oxygen atoms in total. The fraction of sp³-hybridized carbons (Fsp3) is 0.571. The molecule has 1 aliphatic rings. The van der Waals surface area contributed by atoms with Crippen LogP contribution in [0.15, 0.2) is 24.3 Å². The Balaban J connectivity index is 1.81. The van der Waals surface area contributed by atoms with Crippen molar-refractivity contribution < 1.29 is 19.0 Å². The molecule has 0 bridgehead atoms. The van der Waals surface area contributed by atoms with Gasteiger partial charge in [-0.25, -0.2) is 0 Å². The van der Waals surface area contributed by atoms with Crippen molar-refractivity contribution >= 4 is 12.8 Å². The average molecular weight is 293 g/mol. The van der Waals surface area contributed by atoms with Crippen LogP contribution in [0.1, 0.15) is 27.7 Å². The van der Waals surface area contributed by atoms with Crippen LogP contribution in [0, 0.1) is 10.1 Å². The van der Waals surface area contributed by atoms with E-state index in [9.17, 15) is 10.1 Å². The lowest BCUT2D eigenvalue weighted by Gasteiger charge is -2.32. The van der Waals surface area contributed by atoms with Crippen molar-refractivity contribution in [2.45, 2.75) is 45.2 Å². The molecule has 0 aliphatic carbocycles. The van der Waals surface area contributed by atoms with Gasteiger partial charge in [-0.05, 0) is 39.8 Å². The fourth-order valence-electron chi connectivity index (χ4n) is 2.02. The van der Waals surface area contributed by atoms with Gasteiger partial charge in [0.05, 0.1) is 22.7 Å². The molecule has 0 unspecified atom stereocenters. The third-order valence-corrected chi connectivity index (χ3v) is 3.97. The number of nitro benzene ring substituents is 1. The Labute approximate surface area is 124 Å². The quantitative estimate of drug-likeness (QED) is 0.474. The molecule has 0 amide bonds. The predicted octanol–water partition coefficient (Wildman–Crippen LogP) is 3.07. The van der Waals surface area contributed by atoms with Crippen LogP contribution >= 0.6 is 0 Å². The number of hydrogen-bond donors (Lipinski definition) is 0. The van der Waals surface area contributed by atoms with Crippen LogP contribution in [0.25, 0.3) is 0 Å². The Morgan fingerprint density at radius 3 is 2.14 bits per heavy atom. The summed E-state index contributed by atoms with van der Waals surface area (Å²) in [4.78, 5) is 10.1. The minimum atomic E-state index is -0.436. The normalized spacial score (nSPS) is 19.5. The smallest absolute Gasteiger partial charge is 0.461 e. The van der Waals surface area contributed by atoms with Gasteiger partial charge >= 0.3 is 7.12 Å². The highest BCUT2D eigenvalue weighted by atomic mass is 16.7. The molecule has 0 atom stereocenters. The lowest BCUT2D eigenvalue weighted by molar-refractivity contribution is -0.384. The van der Waals surface area contributed by atoms with Crippen LogP contribution < -0.4 is 4.74 Å². The second-order valence-electron chi connectivity index (χ2n) is 6.07. The summed E-state index contributed by atoms with van der Waals surface area (Å²) in [6.07, 6.45) is 0.601. The van der Waals surface area contributed by atoms with E-state index in [-0.39, 0.29) is 24.0 Å². The largest absolute Gasteiger partial charge is 0.494 e. The van der Waals surface area contributed by atoms with E-state index in [2.05, 4.69) is 0 Å². The van der Waals surface area contributed by atoms with Crippen molar-refractivity contribution in [2.24, 2.45) is 0 Å². The lowest BCUT2D eigenvalue weighted by atomic mass is 9.86. The van der Waals surface area contributed by atoms with E-state index in [1.54, 1.807) is 12.1 Å². The van der Waals surface area contributed by atoms with E-state index in [0.717, 1.165) is 0 Å². The molecule has 0 aromatic heterocycles. The van der Waals surface area contributed by atoms with Gasteiger partial charge in [0.1, 0.15) is 5.75 Å². The summed E-state index contributed by atoms with van der Waals surface area (Å²) in [5, 5.41) is 10.6. The molecular weight excluding hydrogens is 273 g/mol. The maximum absolute atomic E-state index is 10.6. The van der Waals surface area contributed by atoms with Crippen LogP contribution in [-0.2, 0) is 9.31 Å². The highest BCUT2D eigenvalue weighted by molar-refractivity contribution is 6.45. The summed E-state index contributed by atoms with van der Waals surface area (Å²) in [5.41, 5.74) is -0.635. The Hall–Kier alpha value is -1.60. The minimum Gasteiger partial charge on any atom is -0.494 e. The summed E-state index contributed by atoms with van der Waals surface area (Å²) in [7, 11) is -0.298. The highest BCUT2D eigenvalue weighted by Gasteiger charge is 2.50. The Kier molecular flexibility index (Phi) is 4.25. The molecule has 1 fully saturated rings. The highest BCUT2D eigenvalue weighted by Crippen LogP contribution is 2.37. The fourth-order valence-corrected chi connectivity index (χ4v) is 2.02. The molecule has 7 heteroatoms. The second kappa shape index (κ2) is 5.65. The molecule has 1 aromatic rings. The lowest BCUT2D eigenvalue weighted by Crippen LogP contribution is -2.41. The SMILES string of the molecule is CC1(C)OB(CCOc2ccc([N+](=O)[O-])cc2)OC1(C)C. The second-order valence-corrected chi connectivity index (χ2v) is 6.07. The molecule has 0 radical (unpaired) electrons. The number of hydrogen-bond acceptors (Lipinski definition) is 5. The molecule has 1 saturated heterocycles. The standard InChI is InChI=1S/C14H20BNO5/c1-13(2)14(3,4)21-15(20-13)9-10-19-12-7-5-11(6-8-12)16(17)18/h5-8H,9-10H2,1-4H3. The van der Waals surface area contributed by atoms with Crippen LogP contribution in [0.5, 0.6) is 5.75 Å². The van der Waals surface area contributed by atoms with Crippen molar-refractivity contribution in [3.63, 3.8) is 0 Å². The Morgan fingerprint density at radius 2 is 1.67 bits per heavy atom. The Morgan fingerprint density at radius 1 is 1.14 bits per heavy atom. The summed E-state index contributed by atoms with van der Waals surface area (Å²) in [6, 6.07) is 6.01. The molecule has 21 heavy (non-hydrogen) atoms. The first-order valence-corrected chi connectivity index (χ1v) is 6.94. The molecule has 2 rings (SSSR count). The number of non-ortho nitro benzene ring substituents is 1. The minimum absolute atomic E-state index is 0.0494. The summed E-state index contributed by atoms with van der Waals surface area (Å²) in [5.74, 6) is 0.595. The monoisotopic (exact) mass is 293 g/mol. The number of nitro groups is 1. The average Bonchev–Trinajstić information content (AvgIpc) is 2.58. The zero-order chi connectivity index (χ0) is 15.7. The van der Waals surface area contributed by atoms with Crippen LogP contribution in [0.4, 0.5) is 5.69 Å². The molecule has 0 spiro atoms. The predicted molar refractivity (Wildman–Crippen MR) is 79.5 cm³/mol. The topological polar surface area (TPSA) is 70.8 Å². The van der Waals surface area contributed by atoms with Crippen LogP contribution in [-0.4, -0.2) is 29.9 Å². The first-order chi connectivity index (χ1) is 9.71. The number of benzene rings is 1. The third-order valence-electron chi connectivity index (χ3n) is 3.97. The van der Waals surface area contributed by atoms with Gasteiger partial charge in [0.2, 0.25) is 0 Å². The van der Waals surface area contributed by atoms with Crippen molar-refractivity contribution in [3.05, 3.63) is 34.4 Å². The summed E-state index contributed by atoms with van der Waals surface area (Å²) in [6.45, 7) is 8.44. The first-order valence-electron chi connectivity index (χ1n) is 6.94. The van der Waals surface area contributed by atoms with Gasteiger partial charge in [0, 0.05) is 18.5 Å². The molecule has 1 aliphatic heterocycles. The molecule has 0 N–H and O–H groups in total. The van der Waals surface area contributed by atoms with Crippen molar-refractivity contribution in [3.8, 4) is 5.75 Å². The first kappa shape index (κ1) is 15.8. The van der Waals surface area contributed by atoms with Crippen LogP contribution in [0.2, 0.25) is 6.32 Å². The van der Waals surface area contributed by atoms with Gasteiger partial charge in [-0.15, -0.1) is 0 Å². The van der Waals surface area contributed by atoms with Crippen molar-refractivity contribution in [2.75, 3.05) is 6.61 Å². The van der Waals surface area contributed by atoms with Crippen molar-refractivity contribution in [1.82, 2.24) is 0 Å². The zero-order valence-electron chi connectivity index (χ0n) is 12.8. The maximum atomic E-state index is 10.6. The van der Waals surface area contributed by atoms with Crippen LogP contribution in [0.3, 0.4) is 0 Å². The van der Waals surface area contributed by atoms with E-state index < -0.39 is 4.92 Å². The molecule has 1 heterocycles. The maximum Gasteiger partial charge on any atom is 0.461 e. The summed E-state index contributed by atoms with van der Waals surface area (Å²) < 4.78 is 17.3. The van der Waals surface area contributed by atoms with Gasteiger partial charge in [0.15, 0.2) is 0 Å². The van der Waals surface area contributed by atoms with E-state index in [0.29, 0.717) is 18.7 Å². The van der Waals surface area contributed by atoms with Gasteiger partial charge < -0.3 is 14.0 Å². The van der Waals surface area contributed by atoms with E-state index in [4.69, 9.17) is 14.0 Å². The van der Waals surface area contributed by atoms with E-state index >= 15 is 0 Å². The van der Waals surface area contributed by atoms with Gasteiger partial charge in [-0.2, -0.15) is 0 Å².